The fourth-order valence-corrected chi connectivity index (χ4v) is 18.5. The molecule has 0 spiro atoms. The minimum absolute atomic E-state index is 0.0510. The third-order valence-electron chi connectivity index (χ3n) is 23.7. The summed E-state index contributed by atoms with van der Waals surface area (Å²) in [4.78, 5) is 66.1. The number of hydrogen-bond acceptors (Lipinski definition) is 19. The summed E-state index contributed by atoms with van der Waals surface area (Å²) in [6.07, 6.45) is 19.8. The predicted molar refractivity (Wildman–Crippen MR) is 514 cm³/mol. The molecule has 0 bridgehead atoms. The largest absolute Gasteiger partial charge is 0.495 e. The number of nitrogens with zero attached hydrogens (tertiary/aromatic N) is 8. The first-order chi connectivity index (χ1) is 64.3. The number of methoxy groups -OCH3 is 8. The van der Waals surface area contributed by atoms with Crippen molar-refractivity contribution in [3.8, 4) is 46.0 Å². The Labute approximate surface area is 798 Å². The van der Waals surface area contributed by atoms with Crippen molar-refractivity contribution in [3.63, 3.8) is 0 Å². The van der Waals surface area contributed by atoms with Gasteiger partial charge in [-0.1, -0.05) is 133 Å². The highest BCUT2D eigenvalue weighted by Gasteiger charge is 2.34. The maximum atomic E-state index is 14.8. The molecule has 2 aliphatic heterocycles. The number of para-hydroxylation sites is 1. The van der Waals surface area contributed by atoms with Gasteiger partial charge in [0, 0.05) is 119 Å². The molecule has 4 aliphatic rings. The van der Waals surface area contributed by atoms with E-state index >= 15 is 0 Å². The van der Waals surface area contributed by atoms with Gasteiger partial charge in [-0.2, -0.15) is 5.10 Å². The molecule has 26 nitrogen and oxygen atoms in total. The molecule has 4 N–H and O–H groups in total. The van der Waals surface area contributed by atoms with Crippen LogP contribution in [0.4, 0.5) is 14.5 Å². The molecule has 1 saturated carbocycles. The summed E-state index contributed by atoms with van der Waals surface area (Å²) in [6.45, 7) is 16.8. The number of hydrogen-bond donors (Lipinski definition) is 4. The van der Waals surface area contributed by atoms with Crippen LogP contribution in [0.3, 0.4) is 0 Å². The summed E-state index contributed by atoms with van der Waals surface area (Å²) >= 11 is 39.3. The van der Waals surface area contributed by atoms with E-state index in [9.17, 15) is 28.0 Å². The van der Waals surface area contributed by atoms with E-state index in [0.29, 0.717) is 152 Å². The first kappa shape index (κ1) is 98.3. The molecule has 0 radical (unpaired) electrons. The summed E-state index contributed by atoms with van der Waals surface area (Å²) in [7, 11) is 12.0. The van der Waals surface area contributed by atoms with E-state index in [1.807, 2.05) is 83.6 Å². The van der Waals surface area contributed by atoms with Gasteiger partial charge in [-0.25, -0.2) is 13.8 Å². The Kier molecular flexibility index (Phi) is 33.6. The number of aromatic nitrogens is 8. The summed E-state index contributed by atoms with van der Waals surface area (Å²) in [5.74, 6) is 1.13. The van der Waals surface area contributed by atoms with Crippen molar-refractivity contribution in [1.29, 1.82) is 0 Å². The third kappa shape index (κ3) is 23.0. The highest BCUT2D eigenvalue weighted by atomic mass is 35.5. The smallest absolute Gasteiger partial charge is 0.247 e. The molecule has 16 rings (SSSR count). The van der Waals surface area contributed by atoms with Gasteiger partial charge in [0.05, 0.1) is 190 Å². The van der Waals surface area contributed by atoms with Gasteiger partial charge in [0.15, 0.2) is 23.1 Å². The Bertz CT molecular complexity index is 5850. The number of benzene rings is 5. The Morgan fingerprint density at radius 3 is 1.35 bits per heavy atom. The number of anilines is 1. The number of allylic oxidation sites excluding steroid dienone is 2. The Balaban J connectivity index is 0.000000151. The Morgan fingerprint density at radius 1 is 0.444 bits per heavy atom. The lowest BCUT2D eigenvalue weighted by Crippen LogP contribution is -2.39. The Morgan fingerprint density at radius 2 is 0.865 bits per heavy atom. The van der Waals surface area contributed by atoms with Gasteiger partial charge in [-0.15, -0.1) is 0 Å². The summed E-state index contributed by atoms with van der Waals surface area (Å²) in [6, 6.07) is 33.6. The molecule has 5 aromatic carbocycles. The average Bonchev–Trinajstić information content (AvgIpc) is 1.73. The van der Waals surface area contributed by atoms with Gasteiger partial charge in [0.25, 0.3) is 0 Å². The van der Waals surface area contributed by atoms with Crippen molar-refractivity contribution in [1.82, 2.24) is 54.8 Å². The van der Waals surface area contributed by atoms with Crippen molar-refractivity contribution in [2.75, 3.05) is 88.6 Å². The lowest BCUT2D eigenvalue weighted by atomic mass is 9.97. The SMILES string of the molecule is C=CC(=O)NC1CCCC1Cc1ccc2c(cnn2Cc2c(Cl)c(OC)cc(OC)c2Cl)n1.C=CC(=O)NC1COCC1Cc1ccc2c(ccn2Cc2c(Cl)c(OC)cc(OC)c2Cl)n1.C=CC(=O)NC1COCC1Cc1ccc2c(ccn2Cc2c(F)c(OC)cc(OC)c2F)n1.C=CC(=O)Nc1ccccc1Cc1ccc2c(n1)CC=C2Cc1c(Cl)c(OC)cc(OC)c1Cl. The molecule has 2 aliphatic carbocycles. The van der Waals surface area contributed by atoms with Crippen molar-refractivity contribution in [2.24, 2.45) is 17.8 Å². The van der Waals surface area contributed by atoms with Gasteiger partial charge >= 0.3 is 0 Å². The van der Waals surface area contributed by atoms with E-state index in [2.05, 4.69) is 64.8 Å². The maximum Gasteiger partial charge on any atom is 0.247 e. The molecule has 2 saturated heterocycles. The molecule has 6 atom stereocenters. The second kappa shape index (κ2) is 45.5. The fourth-order valence-electron chi connectivity index (χ4n) is 16.7. The monoisotopic (exact) mass is 1930 g/mol. The minimum Gasteiger partial charge on any atom is -0.495 e. The fraction of sp³-hybridized carbons (Fsp3) is 0.303. The number of fused-ring (bicyclic) bond motifs is 4. The van der Waals surface area contributed by atoms with Gasteiger partial charge in [-0.05, 0) is 140 Å². The van der Waals surface area contributed by atoms with Crippen LogP contribution >= 0.6 is 69.6 Å². The number of halogens is 8. The summed E-state index contributed by atoms with van der Waals surface area (Å²) in [5.41, 5.74) is 15.5. The quantitative estimate of drug-likeness (QED) is 0.0285. The molecule has 9 heterocycles. The lowest BCUT2D eigenvalue weighted by Gasteiger charge is -2.20. The lowest BCUT2D eigenvalue weighted by molar-refractivity contribution is -0.118. The van der Waals surface area contributed by atoms with Crippen LogP contribution in [-0.4, -0.2) is 164 Å². The van der Waals surface area contributed by atoms with Crippen molar-refractivity contribution >= 4 is 138 Å². The molecular formula is C99H100Cl6F2N12O14. The third-order valence-corrected chi connectivity index (χ3v) is 26.2. The second-order valence-corrected chi connectivity index (χ2v) is 33.9. The second-order valence-electron chi connectivity index (χ2n) is 31.7. The standard InChI is InChI=1S/C27H24Cl2N2O3.C24H26Cl2N4O3.C24H25Cl2N3O4.C24H25F2N3O4/c1-4-25(32)31-21-8-6-5-7-17(21)13-18-10-11-19-16(9-12-22(19)30-18)14-20-26(28)23(33-2)15-24(34-3)27(20)29;1-4-22(31)29-17-7-5-6-14(17)10-15-8-9-19-18(28-15)12-27-30(19)13-16-23(25)20(32-2)11-21(33-3)24(16)26;2*1-4-22(30)28-18-13-33-12-14(18)9-15-5-6-19-17(27-15)7-8-29(19)11-16-23(25)20(31-2)10-21(32-3)24(16)26/h4-11,15H,1,12-14H2,2-3H3,(H,31,32);4,8-9,11-12,14,17H,1,5-7,10,13H2,2-3H3,(H,29,31);2*4-8,10,14,18H,1,9,11-13H2,2-3H3,(H,28,30). The van der Waals surface area contributed by atoms with Gasteiger partial charge in [0.1, 0.15) is 40.0 Å². The van der Waals surface area contributed by atoms with E-state index in [-0.39, 0.29) is 77.2 Å². The molecule has 3 fully saturated rings. The van der Waals surface area contributed by atoms with E-state index in [4.69, 9.17) is 137 Å². The number of pyridine rings is 4. The maximum absolute atomic E-state index is 14.8. The molecular weight excluding hydrogens is 1830 g/mol. The molecule has 12 aromatic rings. The molecule has 7 aromatic heterocycles. The average molecular weight is 1930 g/mol. The van der Waals surface area contributed by atoms with E-state index in [1.165, 1.54) is 44.6 Å². The predicted octanol–water partition coefficient (Wildman–Crippen LogP) is 18.6. The van der Waals surface area contributed by atoms with Crippen LogP contribution in [0.1, 0.15) is 81.1 Å². The number of rotatable bonds is 32. The highest BCUT2D eigenvalue weighted by molar-refractivity contribution is 6.39. The molecule has 133 heavy (non-hydrogen) atoms. The highest BCUT2D eigenvalue weighted by Crippen LogP contribution is 2.46. The van der Waals surface area contributed by atoms with Crippen LogP contribution in [0, 0.1) is 29.4 Å². The zero-order valence-corrected chi connectivity index (χ0v) is 79.0. The number of ether oxygens (including phenoxy) is 10. The first-order valence-electron chi connectivity index (χ1n) is 42.5. The van der Waals surface area contributed by atoms with Crippen molar-refractivity contribution in [2.45, 2.75) is 95.5 Å². The summed E-state index contributed by atoms with van der Waals surface area (Å²) in [5, 5.41) is 18.9. The van der Waals surface area contributed by atoms with Gasteiger partial charge < -0.3 is 77.8 Å². The van der Waals surface area contributed by atoms with Crippen LogP contribution < -0.4 is 59.2 Å². The van der Waals surface area contributed by atoms with Gasteiger partial charge in [-0.3, -0.25) is 38.8 Å². The number of carbonyl (C=O) groups excluding carboxylic acids is 4. The van der Waals surface area contributed by atoms with Gasteiger partial charge in [0.2, 0.25) is 23.6 Å². The molecule has 34 heteroatoms. The molecule has 4 amide bonds. The van der Waals surface area contributed by atoms with Crippen LogP contribution in [-0.2, 0) is 86.8 Å². The zero-order valence-electron chi connectivity index (χ0n) is 74.4. The Hall–Kier alpha value is -12.3. The van der Waals surface area contributed by atoms with Crippen LogP contribution in [0.25, 0.3) is 38.7 Å². The van der Waals surface area contributed by atoms with Crippen LogP contribution in [0.15, 0.2) is 184 Å². The zero-order chi connectivity index (χ0) is 94.8. The number of nitrogens with one attached hydrogen (secondary N) is 4. The minimum atomic E-state index is -0.768. The van der Waals surface area contributed by atoms with E-state index in [0.717, 1.165) is 116 Å². The van der Waals surface area contributed by atoms with Crippen LogP contribution in [0.5, 0.6) is 46.0 Å². The number of amides is 4. The van der Waals surface area contributed by atoms with Crippen molar-refractivity contribution < 1.29 is 75.3 Å². The van der Waals surface area contributed by atoms with E-state index in [1.54, 1.807) is 88.6 Å². The number of carbonyl (C=O) groups is 4. The van der Waals surface area contributed by atoms with Crippen molar-refractivity contribution in [3.05, 3.63) is 288 Å². The molecule has 6 unspecified atom stereocenters. The topological polar surface area (TPSA) is 288 Å². The molecule has 696 valence electrons. The normalized spacial score (nSPS) is 16.3. The van der Waals surface area contributed by atoms with Crippen LogP contribution in [0.2, 0.25) is 30.1 Å². The summed E-state index contributed by atoms with van der Waals surface area (Å²) < 4.78 is 88.6. The van der Waals surface area contributed by atoms with E-state index < -0.39 is 11.6 Å². The first-order valence-corrected chi connectivity index (χ1v) is 44.8.